The molecular weight excluding hydrogens is 971 g/mol. The number of aliphatic hydroxyl groups excluding tert-OH is 5. The maximum absolute atomic E-state index is 13.1. The van der Waals surface area contributed by atoms with Crippen molar-refractivity contribution in [2.45, 2.75) is 384 Å². The number of unbranched alkanes of at least 4 members (excludes halogenated alkanes) is 46. The van der Waals surface area contributed by atoms with Crippen LogP contribution in [0.1, 0.15) is 341 Å². The van der Waals surface area contributed by atoms with E-state index >= 15 is 0 Å². The Morgan fingerprint density at radius 1 is 0.423 bits per heavy atom. The zero-order valence-electron chi connectivity index (χ0n) is 51.4. The number of allylic oxidation sites excluding steroid dienone is 5. The molecule has 7 unspecified atom stereocenters. The average Bonchev–Trinajstić information content (AvgIpc) is 3.45. The molecular formula is C69H131NO8. The van der Waals surface area contributed by atoms with Crippen molar-refractivity contribution in [2.75, 3.05) is 13.2 Å². The van der Waals surface area contributed by atoms with Gasteiger partial charge in [-0.3, -0.25) is 4.79 Å². The molecule has 6 N–H and O–H groups in total. The van der Waals surface area contributed by atoms with Gasteiger partial charge in [0.05, 0.1) is 25.4 Å². The average molecular weight is 1100 g/mol. The first-order valence-corrected chi connectivity index (χ1v) is 34.2. The van der Waals surface area contributed by atoms with Crippen LogP contribution in [0.2, 0.25) is 0 Å². The number of carbonyl (C=O) groups is 1. The number of aliphatic hydroxyl groups is 5. The molecule has 1 aliphatic heterocycles. The summed E-state index contributed by atoms with van der Waals surface area (Å²) in [7, 11) is 0. The summed E-state index contributed by atoms with van der Waals surface area (Å²) in [6.07, 6.45) is 71.2. The number of hydrogen-bond donors (Lipinski definition) is 6. The number of carbonyl (C=O) groups excluding carboxylic acids is 1. The van der Waals surface area contributed by atoms with Gasteiger partial charge in [0.15, 0.2) is 6.29 Å². The highest BCUT2D eigenvalue weighted by Gasteiger charge is 2.44. The van der Waals surface area contributed by atoms with Gasteiger partial charge >= 0.3 is 0 Å². The fraction of sp³-hybridized carbons (Fsp3) is 0.899. The summed E-state index contributed by atoms with van der Waals surface area (Å²) in [6.45, 7) is 3.80. The maximum Gasteiger partial charge on any atom is 0.220 e. The Labute approximate surface area is 482 Å². The molecule has 0 aliphatic carbocycles. The third kappa shape index (κ3) is 47.0. The zero-order valence-corrected chi connectivity index (χ0v) is 51.4. The molecule has 1 aliphatic rings. The fourth-order valence-corrected chi connectivity index (χ4v) is 11.1. The predicted molar refractivity (Wildman–Crippen MR) is 332 cm³/mol. The van der Waals surface area contributed by atoms with Crippen LogP contribution in [0.25, 0.3) is 0 Å². The molecule has 0 saturated carbocycles. The van der Waals surface area contributed by atoms with E-state index in [4.69, 9.17) is 9.47 Å². The molecule has 0 bridgehead atoms. The molecule has 78 heavy (non-hydrogen) atoms. The van der Waals surface area contributed by atoms with Crippen LogP contribution < -0.4 is 5.32 Å². The number of amides is 1. The third-order valence-corrected chi connectivity index (χ3v) is 16.4. The lowest BCUT2D eigenvalue weighted by Gasteiger charge is -2.40. The van der Waals surface area contributed by atoms with Crippen LogP contribution >= 0.6 is 0 Å². The van der Waals surface area contributed by atoms with Gasteiger partial charge in [-0.2, -0.15) is 0 Å². The highest BCUT2D eigenvalue weighted by molar-refractivity contribution is 5.76. The van der Waals surface area contributed by atoms with Gasteiger partial charge in [-0.1, -0.05) is 326 Å². The molecule has 9 heteroatoms. The smallest absolute Gasteiger partial charge is 0.220 e. The van der Waals surface area contributed by atoms with Crippen LogP contribution in [0.5, 0.6) is 0 Å². The lowest BCUT2D eigenvalue weighted by atomic mass is 9.99. The second-order valence-corrected chi connectivity index (χ2v) is 24.0. The molecule has 0 aromatic carbocycles. The van der Waals surface area contributed by atoms with E-state index in [1.54, 1.807) is 6.08 Å². The third-order valence-electron chi connectivity index (χ3n) is 16.4. The molecule has 1 heterocycles. The largest absolute Gasteiger partial charge is 0.394 e. The van der Waals surface area contributed by atoms with Gasteiger partial charge in [0.2, 0.25) is 5.91 Å². The van der Waals surface area contributed by atoms with Crippen molar-refractivity contribution in [3.63, 3.8) is 0 Å². The van der Waals surface area contributed by atoms with Crippen molar-refractivity contribution >= 4 is 5.91 Å². The normalized spacial score (nSPS) is 18.8. The summed E-state index contributed by atoms with van der Waals surface area (Å²) in [5.41, 5.74) is 0. The van der Waals surface area contributed by atoms with Crippen LogP contribution in [-0.4, -0.2) is 87.5 Å². The van der Waals surface area contributed by atoms with Crippen LogP contribution in [0.3, 0.4) is 0 Å². The molecule has 460 valence electrons. The van der Waals surface area contributed by atoms with Crippen LogP contribution in [0.4, 0.5) is 0 Å². The number of ether oxygens (including phenoxy) is 2. The molecule has 1 saturated heterocycles. The van der Waals surface area contributed by atoms with E-state index in [-0.39, 0.29) is 12.5 Å². The van der Waals surface area contributed by atoms with Crippen molar-refractivity contribution in [3.05, 3.63) is 36.5 Å². The Hall–Kier alpha value is -1.59. The summed E-state index contributed by atoms with van der Waals surface area (Å²) in [4.78, 5) is 13.1. The Balaban J connectivity index is 2.12. The van der Waals surface area contributed by atoms with Gasteiger partial charge in [0.25, 0.3) is 0 Å². The van der Waals surface area contributed by atoms with Crippen LogP contribution in [0, 0.1) is 0 Å². The van der Waals surface area contributed by atoms with Crippen LogP contribution in [-0.2, 0) is 14.3 Å². The molecule has 0 spiro atoms. The SMILES string of the molecule is CCCCCCCCCCCCC/C=C/CC/C=C/CC/C=C/C(O)C(COC1OC(CO)C(O)C(O)C1O)NC(=O)CCCCCCCCCCCCCCCCCCCCCCCCCCCCCCCCCCCC. The molecule has 9 nitrogen and oxygen atoms in total. The van der Waals surface area contributed by atoms with E-state index in [9.17, 15) is 30.3 Å². The quantitative estimate of drug-likeness (QED) is 0.0261. The predicted octanol–water partition coefficient (Wildman–Crippen LogP) is 18.3. The summed E-state index contributed by atoms with van der Waals surface area (Å²) in [6, 6.07) is -0.827. The second kappa shape index (κ2) is 58.6. The van der Waals surface area contributed by atoms with Crippen molar-refractivity contribution in [3.8, 4) is 0 Å². The van der Waals surface area contributed by atoms with E-state index in [1.807, 2.05) is 6.08 Å². The van der Waals surface area contributed by atoms with E-state index in [2.05, 4.69) is 43.5 Å². The zero-order chi connectivity index (χ0) is 56.5. The number of rotatable bonds is 60. The molecule has 0 aromatic rings. The lowest BCUT2D eigenvalue weighted by Crippen LogP contribution is -2.60. The Kier molecular flexibility index (Phi) is 55.9. The topological polar surface area (TPSA) is 149 Å². The first-order chi connectivity index (χ1) is 38.3. The van der Waals surface area contributed by atoms with Gasteiger partial charge < -0.3 is 40.3 Å². The maximum atomic E-state index is 13.1. The van der Waals surface area contributed by atoms with Crippen molar-refractivity contribution in [1.82, 2.24) is 5.32 Å². The van der Waals surface area contributed by atoms with Crippen molar-refractivity contribution in [2.24, 2.45) is 0 Å². The summed E-state index contributed by atoms with van der Waals surface area (Å²) in [5, 5.41) is 54.6. The molecule has 0 aromatic heterocycles. The minimum absolute atomic E-state index is 0.184. The van der Waals surface area contributed by atoms with E-state index in [0.717, 1.165) is 44.9 Å². The van der Waals surface area contributed by atoms with E-state index in [1.165, 1.54) is 276 Å². The van der Waals surface area contributed by atoms with Gasteiger partial charge in [-0.05, 0) is 44.9 Å². The summed E-state index contributed by atoms with van der Waals surface area (Å²) in [5.74, 6) is -0.184. The standard InChI is InChI=1S/C69H131NO8/c1-3-5-7-9-11-13-15-17-19-21-23-25-26-27-28-29-30-31-32-33-34-35-36-37-39-41-43-45-47-49-51-53-55-57-59-65(73)70-62(61-77-69-68(76)67(75)66(74)64(60-71)78-69)63(72)58-56-54-52-50-48-46-44-42-40-38-24-22-20-18-16-14-12-10-8-6-4-2/h40,42,48,50,56,58,62-64,66-69,71-72,74-76H,3-39,41,43-47,49,51-55,57,59-61H2,1-2H3,(H,70,73)/b42-40+,50-48+,58-56+. The molecule has 0 radical (unpaired) electrons. The minimum Gasteiger partial charge on any atom is -0.394 e. The van der Waals surface area contributed by atoms with Crippen LogP contribution in [0.15, 0.2) is 36.5 Å². The highest BCUT2D eigenvalue weighted by atomic mass is 16.7. The van der Waals surface area contributed by atoms with Gasteiger partial charge in [0.1, 0.15) is 24.4 Å². The van der Waals surface area contributed by atoms with Gasteiger partial charge in [-0.25, -0.2) is 0 Å². The fourth-order valence-electron chi connectivity index (χ4n) is 11.1. The second-order valence-electron chi connectivity index (χ2n) is 24.0. The summed E-state index contributed by atoms with van der Waals surface area (Å²) >= 11 is 0. The van der Waals surface area contributed by atoms with Gasteiger partial charge in [0, 0.05) is 6.42 Å². The van der Waals surface area contributed by atoms with Crippen molar-refractivity contribution in [1.29, 1.82) is 0 Å². The first kappa shape index (κ1) is 74.4. The van der Waals surface area contributed by atoms with E-state index < -0.39 is 49.5 Å². The van der Waals surface area contributed by atoms with E-state index in [0.29, 0.717) is 6.42 Å². The molecule has 1 amide bonds. The summed E-state index contributed by atoms with van der Waals surface area (Å²) < 4.78 is 11.3. The van der Waals surface area contributed by atoms with Gasteiger partial charge in [-0.15, -0.1) is 0 Å². The Bertz CT molecular complexity index is 1320. The number of nitrogens with one attached hydrogen (secondary N) is 1. The highest BCUT2D eigenvalue weighted by Crippen LogP contribution is 2.23. The minimum atomic E-state index is -1.57. The molecule has 1 rings (SSSR count). The monoisotopic (exact) mass is 1100 g/mol. The van der Waals surface area contributed by atoms with Crippen molar-refractivity contribution < 1.29 is 39.8 Å². The number of hydrogen-bond acceptors (Lipinski definition) is 8. The lowest BCUT2D eigenvalue weighted by molar-refractivity contribution is -0.302. The Morgan fingerprint density at radius 3 is 1.08 bits per heavy atom. The Morgan fingerprint density at radius 2 is 0.731 bits per heavy atom. The molecule has 1 fully saturated rings. The molecule has 7 atom stereocenters. The first-order valence-electron chi connectivity index (χ1n) is 34.2.